The Morgan fingerprint density at radius 3 is 2.96 bits per heavy atom. The normalized spacial score (nSPS) is 19.3. The number of carbonyl (C=O) groups is 2. The molecule has 122 valence electrons. The van der Waals surface area contributed by atoms with Crippen LogP contribution in [0.4, 0.5) is 0 Å². The highest BCUT2D eigenvalue weighted by Gasteiger charge is 2.32. The molecule has 2 N–H and O–H groups in total. The van der Waals surface area contributed by atoms with Gasteiger partial charge in [0.1, 0.15) is 11.0 Å². The number of benzene rings is 1. The Hall–Kier alpha value is -1.87. The van der Waals surface area contributed by atoms with Gasteiger partial charge < -0.3 is 15.2 Å². The highest BCUT2D eigenvalue weighted by atomic mass is 79.9. The van der Waals surface area contributed by atoms with Crippen LogP contribution in [0.2, 0.25) is 0 Å². The summed E-state index contributed by atoms with van der Waals surface area (Å²) in [5, 5.41) is 18.7. The quantitative estimate of drug-likeness (QED) is 0.583. The molecule has 0 saturated carbocycles. The van der Waals surface area contributed by atoms with E-state index >= 15 is 0 Å². The third kappa shape index (κ3) is 4.55. The molecule has 0 spiro atoms. The zero-order valence-electron chi connectivity index (χ0n) is 12.4. The van der Waals surface area contributed by atoms with Crippen molar-refractivity contribution in [1.29, 1.82) is 0 Å². The number of carbonyl (C=O) groups excluding carboxylic acids is 1. The van der Waals surface area contributed by atoms with E-state index < -0.39 is 11.2 Å². The number of amidine groups is 1. The fourth-order valence-electron chi connectivity index (χ4n) is 1.84. The first kappa shape index (κ1) is 17.5. The van der Waals surface area contributed by atoms with Crippen molar-refractivity contribution in [3.05, 3.63) is 27.7 Å². The second-order valence-electron chi connectivity index (χ2n) is 4.69. The maximum atomic E-state index is 11.6. The lowest BCUT2D eigenvalue weighted by Gasteiger charge is -2.06. The maximum Gasteiger partial charge on any atom is 0.305 e. The number of hydrogen-bond acceptors (Lipinski definition) is 6. The first-order chi connectivity index (χ1) is 10.9. The van der Waals surface area contributed by atoms with Gasteiger partial charge in [-0.15, -0.1) is 5.10 Å². The molecule has 1 aliphatic heterocycles. The molecule has 0 aliphatic carbocycles. The second kappa shape index (κ2) is 7.60. The Labute approximate surface area is 145 Å². The molecule has 1 unspecified atom stereocenters. The number of nitrogens with one attached hydrogen (secondary N) is 1. The second-order valence-corrected chi connectivity index (χ2v) is 6.73. The number of thioether (sulfide) groups is 1. The van der Waals surface area contributed by atoms with Crippen LogP contribution in [0.3, 0.4) is 0 Å². The van der Waals surface area contributed by atoms with E-state index in [1.54, 1.807) is 7.11 Å². The van der Waals surface area contributed by atoms with Gasteiger partial charge in [-0.25, -0.2) is 0 Å². The number of aliphatic carboxylic acids is 1. The molecule has 9 heteroatoms. The number of rotatable bonds is 5. The summed E-state index contributed by atoms with van der Waals surface area (Å²) in [5.41, 5.74) is 1.76. The van der Waals surface area contributed by atoms with Crippen molar-refractivity contribution in [1.82, 2.24) is 5.32 Å². The van der Waals surface area contributed by atoms with Crippen LogP contribution in [-0.2, 0) is 9.59 Å². The Bertz CT molecular complexity index is 706. The molecule has 1 amide bonds. The summed E-state index contributed by atoms with van der Waals surface area (Å²) < 4.78 is 6.20. The van der Waals surface area contributed by atoms with Crippen molar-refractivity contribution in [2.75, 3.05) is 7.11 Å². The Morgan fingerprint density at radius 2 is 2.30 bits per heavy atom. The lowest BCUT2D eigenvalue weighted by molar-refractivity contribution is -0.138. The van der Waals surface area contributed by atoms with Gasteiger partial charge in [0.25, 0.3) is 0 Å². The molecule has 0 radical (unpaired) electrons. The van der Waals surface area contributed by atoms with E-state index in [1.807, 2.05) is 19.1 Å². The van der Waals surface area contributed by atoms with Gasteiger partial charge in [-0.05, 0) is 24.6 Å². The van der Waals surface area contributed by atoms with Crippen molar-refractivity contribution in [3.63, 3.8) is 0 Å². The molecule has 1 fully saturated rings. The minimum absolute atomic E-state index is 0.252. The van der Waals surface area contributed by atoms with E-state index in [0.717, 1.165) is 27.4 Å². The van der Waals surface area contributed by atoms with Crippen molar-refractivity contribution in [2.45, 2.75) is 18.6 Å². The van der Waals surface area contributed by atoms with Crippen LogP contribution in [0.15, 0.2) is 26.8 Å². The molecular weight excluding hydrogens is 386 g/mol. The standard InChI is InChI=1S/C14H14BrN3O4S/c1-7-3-10(22-2)8(4-9(7)15)6-16-18-14-17-13(21)11(23-14)5-12(19)20/h3-4,6,11H,5H2,1-2H3,(H,19,20)(H,17,18,21). The van der Waals surface area contributed by atoms with E-state index in [9.17, 15) is 9.59 Å². The molecule has 1 aromatic rings. The van der Waals surface area contributed by atoms with Crippen LogP contribution in [-0.4, -0.2) is 40.7 Å². The zero-order valence-corrected chi connectivity index (χ0v) is 14.8. The Morgan fingerprint density at radius 1 is 1.57 bits per heavy atom. The van der Waals surface area contributed by atoms with Gasteiger partial charge in [0.15, 0.2) is 5.17 Å². The van der Waals surface area contributed by atoms with Gasteiger partial charge in [-0.1, -0.05) is 27.7 Å². The Kier molecular flexibility index (Phi) is 5.78. The molecule has 1 aliphatic rings. The van der Waals surface area contributed by atoms with Crippen molar-refractivity contribution in [3.8, 4) is 5.75 Å². The van der Waals surface area contributed by atoms with Crippen LogP contribution < -0.4 is 10.1 Å². The molecule has 23 heavy (non-hydrogen) atoms. The predicted molar refractivity (Wildman–Crippen MR) is 92.2 cm³/mol. The summed E-state index contributed by atoms with van der Waals surface area (Å²) in [6, 6.07) is 3.72. The average molecular weight is 400 g/mol. The van der Waals surface area contributed by atoms with E-state index in [-0.39, 0.29) is 17.5 Å². The van der Waals surface area contributed by atoms with Gasteiger partial charge >= 0.3 is 5.97 Å². The average Bonchev–Trinajstić information content (AvgIpc) is 2.82. The van der Waals surface area contributed by atoms with E-state index in [2.05, 4.69) is 31.4 Å². The topological polar surface area (TPSA) is 100 Å². The molecule has 2 rings (SSSR count). The van der Waals surface area contributed by atoms with Crippen LogP contribution in [0.5, 0.6) is 5.75 Å². The van der Waals surface area contributed by atoms with E-state index in [0.29, 0.717) is 5.75 Å². The summed E-state index contributed by atoms with van der Waals surface area (Å²) in [4.78, 5) is 22.2. The highest BCUT2D eigenvalue weighted by Crippen LogP contribution is 2.26. The molecule has 0 bridgehead atoms. The fourth-order valence-corrected chi connectivity index (χ4v) is 3.11. The van der Waals surface area contributed by atoms with Gasteiger partial charge in [-0.3, -0.25) is 9.59 Å². The van der Waals surface area contributed by atoms with E-state index in [1.165, 1.54) is 6.21 Å². The number of aryl methyl sites for hydroxylation is 1. The minimum atomic E-state index is -1.03. The lowest BCUT2D eigenvalue weighted by atomic mass is 10.1. The van der Waals surface area contributed by atoms with Gasteiger partial charge in [-0.2, -0.15) is 5.10 Å². The minimum Gasteiger partial charge on any atom is -0.496 e. The van der Waals surface area contributed by atoms with Gasteiger partial charge in [0.2, 0.25) is 5.91 Å². The molecule has 0 aromatic heterocycles. The SMILES string of the molecule is COc1cc(C)c(Br)cc1C=NN=C1NC(=O)C(CC(=O)O)S1. The van der Waals surface area contributed by atoms with Gasteiger partial charge in [0.05, 0.1) is 19.7 Å². The van der Waals surface area contributed by atoms with Crippen LogP contribution >= 0.6 is 27.7 Å². The van der Waals surface area contributed by atoms with Crippen LogP contribution in [0.25, 0.3) is 0 Å². The molecule has 1 atom stereocenters. The van der Waals surface area contributed by atoms with Crippen LogP contribution in [0, 0.1) is 6.92 Å². The molecular formula is C14H14BrN3O4S. The van der Waals surface area contributed by atoms with Crippen molar-refractivity contribution in [2.24, 2.45) is 10.2 Å². The predicted octanol–water partition coefficient (Wildman–Crippen LogP) is 2.16. The van der Waals surface area contributed by atoms with Gasteiger partial charge in [0, 0.05) is 10.0 Å². The highest BCUT2D eigenvalue weighted by molar-refractivity contribution is 9.10. The number of methoxy groups -OCH3 is 1. The first-order valence-electron chi connectivity index (χ1n) is 6.55. The third-order valence-electron chi connectivity index (χ3n) is 2.99. The van der Waals surface area contributed by atoms with Crippen LogP contribution in [0.1, 0.15) is 17.5 Å². The molecule has 1 heterocycles. The molecule has 7 nitrogen and oxygen atoms in total. The Balaban J connectivity index is 2.11. The smallest absolute Gasteiger partial charge is 0.305 e. The third-order valence-corrected chi connectivity index (χ3v) is 4.92. The summed E-state index contributed by atoms with van der Waals surface area (Å²) in [6.45, 7) is 1.95. The molecule has 1 aromatic carbocycles. The van der Waals surface area contributed by atoms with Crippen molar-refractivity contribution >= 4 is 51.0 Å². The summed E-state index contributed by atoms with van der Waals surface area (Å²) >= 11 is 4.49. The fraction of sp³-hybridized carbons (Fsp3) is 0.286. The number of halogens is 1. The van der Waals surface area contributed by atoms with Crippen molar-refractivity contribution < 1.29 is 19.4 Å². The largest absolute Gasteiger partial charge is 0.496 e. The first-order valence-corrected chi connectivity index (χ1v) is 8.22. The summed E-state index contributed by atoms with van der Waals surface area (Å²) in [7, 11) is 1.56. The number of nitrogens with zero attached hydrogens (tertiary/aromatic N) is 2. The summed E-state index contributed by atoms with van der Waals surface area (Å²) in [5.74, 6) is -0.750. The maximum absolute atomic E-state index is 11.6. The number of ether oxygens (including phenoxy) is 1. The number of amides is 1. The number of hydrogen-bond donors (Lipinski definition) is 2. The van der Waals surface area contributed by atoms with E-state index in [4.69, 9.17) is 9.84 Å². The lowest BCUT2D eigenvalue weighted by Crippen LogP contribution is -2.26. The zero-order chi connectivity index (χ0) is 17.0. The molecule has 1 saturated heterocycles. The monoisotopic (exact) mass is 399 g/mol. The number of carboxylic acids is 1. The summed E-state index contributed by atoms with van der Waals surface area (Å²) in [6.07, 6.45) is 1.26. The number of carboxylic acid groups (broad SMARTS) is 1.